The predicted octanol–water partition coefficient (Wildman–Crippen LogP) is 4.35. The summed E-state index contributed by atoms with van der Waals surface area (Å²) >= 11 is 7.26. The third-order valence-corrected chi connectivity index (χ3v) is 12.0. The van der Waals surface area contributed by atoms with Crippen LogP contribution in [0.1, 0.15) is 72.1 Å². The first-order valence-electron chi connectivity index (χ1n) is 11.1. The third-order valence-electron chi connectivity index (χ3n) is 9.52. The Hall–Kier alpha value is -0.270. The Morgan fingerprint density at radius 1 is 1.10 bits per heavy atom. The standard InChI is InChI=1S/C23H32Br2O5/c1-13(26)30-15-6-8-20(2)14(10-15)4-5-17-16-7-9-22(29,19(28)12-24)21(16,3)11-18(27)23(17,20)25/h14-17,29H,4-12H2,1-3H3/t14-,15+,16-,17-,20-,21-,22-,23-/m0/s1. The Morgan fingerprint density at radius 2 is 1.80 bits per heavy atom. The molecule has 8 atom stereocenters. The minimum Gasteiger partial charge on any atom is -0.463 e. The summed E-state index contributed by atoms with van der Waals surface area (Å²) in [4.78, 5) is 38.0. The highest BCUT2D eigenvalue weighted by Gasteiger charge is 2.73. The van der Waals surface area contributed by atoms with E-state index in [4.69, 9.17) is 4.74 Å². The second-order valence-corrected chi connectivity index (χ2v) is 12.4. The van der Waals surface area contributed by atoms with Gasteiger partial charge in [-0.05, 0) is 68.1 Å². The van der Waals surface area contributed by atoms with Crippen LogP contribution in [0.4, 0.5) is 0 Å². The second kappa shape index (κ2) is 7.38. The summed E-state index contributed by atoms with van der Waals surface area (Å²) in [6.07, 6.45) is 5.64. The van der Waals surface area contributed by atoms with Crippen molar-refractivity contribution in [3.8, 4) is 0 Å². The average Bonchev–Trinajstić information content (AvgIpc) is 2.94. The van der Waals surface area contributed by atoms with E-state index in [9.17, 15) is 19.5 Å². The number of fused-ring (bicyclic) bond motifs is 5. The van der Waals surface area contributed by atoms with Crippen LogP contribution < -0.4 is 0 Å². The smallest absolute Gasteiger partial charge is 0.302 e. The molecule has 4 aliphatic rings. The number of ketones is 2. The third kappa shape index (κ3) is 2.83. The van der Waals surface area contributed by atoms with Crippen molar-refractivity contribution in [2.24, 2.45) is 28.6 Å². The van der Waals surface area contributed by atoms with Crippen LogP contribution in [-0.4, -0.2) is 44.0 Å². The highest BCUT2D eigenvalue weighted by atomic mass is 79.9. The van der Waals surface area contributed by atoms with E-state index in [2.05, 4.69) is 38.8 Å². The van der Waals surface area contributed by atoms with Gasteiger partial charge in [-0.2, -0.15) is 0 Å². The molecule has 4 fully saturated rings. The molecule has 0 aliphatic heterocycles. The van der Waals surface area contributed by atoms with E-state index in [1.54, 1.807) is 0 Å². The van der Waals surface area contributed by atoms with Gasteiger partial charge in [-0.1, -0.05) is 45.7 Å². The molecule has 4 saturated carbocycles. The van der Waals surface area contributed by atoms with Gasteiger partial charge in [-0.15, -0.1) is 0 Å². The van der Waals surface area contributed by atoms with Crippen molar-refractivity contribution in [2.75, 3.05) is 5.33 Å². The van der Waals surface area contributed by atoms with Gasteiger partial charge < -0.3 is 9.84 Å². The van der Waals surface area contributed by atoms with Crippen molar-refractivity contribution in [3.63, 3.8) is 0 Å². The van der Waals surface area contributed by atoms with Gasteiger partial charge in [0.1, 0.15) is 11.7 Å². The van der Waals surface area contributed by atoms with Crippen LogP contribution in [0.3, 0.4) is 0 Å². The minimum atomic E-state index is -1.43. The number of halogens is 2. The van der Waals surface area contributed by atoms with Gasteiger partial charge in [-0.3, -0.25) is 14.4 Å². The Kier molecular flexibility index (Phi) is 5.63. The van der Waals surface area contributed by atoms with E-state index in [0.717, 1.165) is 38.5 Å². The first-order valence-corrected chi connectivity index (χ1v) is 13.1. The highest BCUT2D eigenvalue weighted by molar-refractivity contribution is 9.10. The molecular formula is C23H32Br2O5. The van der Waals surface area contributed by atoms with Crippen LogP contribution in [0.15, 0.2) is 0 Å². The number of carbonyl (C=O) groups excluding carboxylic acids is 3. The van der Waals surface area contributed by atoms with E-state index in [1.807, 2.05) is 6.92 Å². The Morgan fingerprint density at radius 3 is 2.43 bits per heavy atom. The molecule has 7 heteroatoms. The molecule has 0 bridgehead atoms. The molecule has 1 N–H and O–H groups in total. The molecule has 0 radical (unpaired) electrons. The molecule has 0 spiro atoms. The molecule has 0 aromatic carbocycles. The molecule has 0 amide bonds. The number of hydrogen-bond acceptors (Lipinski definition) is 5. The Balaban J connectivity index is 1.68. The first kappa shape index (κ1) is 22.9. The predicted molar refractivity (Wildman–Crippen MR) is 120 cm³/mol. The summed E-state index contributed by atoms with van der Waals surface area (Å²) in [5.41, 5.74) is -2.37. The molecule has 0 heterocycles. The van der Waals surface area contributed by atoms with Crippen molar-refractivity contribution in [1.29, 1.82) is 0 Å². The Bertz CT molecular complexity index is 786. The monoisotopic (exact) mass is 546 g/mol. The van der Waals surface area contributed by atoms with E-state index in [0.29, 0.717) is 12.3 Å². The van der Waals surface area contributed by atoms with Crippen LogP contribution in [-0.2, 0) is 19.1 Å². The minimum absolute atomic E-state index is 0.0645. The molecule has 4 aliphatic carbocycles. The van der Waals surface area contributed by atoms with Crippen molar-refractivity contribution in [1.82, 2.24) is 0 Å². The van der Waals surface area contributed by atoms with Crippen LogP contribution in [0, 0.1) is 28.6 Å². The van der Waals surface area contributed by atoms with E-state index in [-0.39, 0.29) is 52.6 Å². The molecule has 0 aromatic rings. The number of Topliss-reactive ketones (excluding diaryl/α,β-unsaturated/α-hetero) is 2. The number of carbonyl (C=O) groups is 3. The molecular weight excluding hydrogens is 516 g/mol. The van der Waals surface area contributed by atoms with E-state index in [1.165, 1.54) is 6.92 Å². The lowest BCUT2D eigenvalue weighted by atomic mass is 9.43. The molecule has 0 aromatic heterocycles. The van der Waals surface area contributed by atoms with Gasteiger partial charge in [0.05, 0.1) is 9.65 Å². The molecule has 5 nitrogen and oxygen atoms in total. The molecule has 30 heavy (non-hydrogen) atoms. The zero-order valence-corrected chi connectivity index (χ0v) is 21.2. The summed E-state index contributed by atoms with van der Waals surface area (Å²) in [7, 11) is 0. The summed E-state index contributed by atoms with van der Waals surface area (Å²) < 4.78 is 4.88. The van der Waals surface area contributed by atoms with Gasteiger partial charge in [0.2, 0.25) is 0 Å². The maximum atomic E-state index is 13.8. The zero-order valence-electron chi connectivity index (χ0n) is 18.0. The fraction of sp³-hybridized carbons (Fsp3) is 0.870. The zero-order chi connectivity index (χ0) is 22.1. The van der Waals surface area contributed by atoms with Crippen LogP contribution in [0.25, 0.3) is 0 Å². The lowest BCUT2D eigenvalue weighted by Gasteiger charge is -2.64. The number of rotatable bonds is 3. The maximum Gasteiger partial charge on any atom is 0.302 e. The normalized spacial score (nSPS) is 50.3. The topological polar surface area (TPSA) is 80.7 Å². The number of esters is 1. The fourth-order valence-corrected chi connectivity index (χ4v) is 9.53. The number of aliphatic hydroxyl groups is 1. The van der Waals surface area contributed by atoms with Gasteiger partial charge in [-0.25, -0.2) is 0 Å². The fourth-order valence-electron chi connectivity index (χ4n) is 7.85. The SMILES string of the molecule is CC(=O)O[C@@H]1CC[C@@]2(C)[C@@H](CC[C@H]3[C@@H]4CC[C@](O)(C(=O)CBr)[C@@]4(C)CC(=O)[C@@]32Br)C1. The number of ether oxygens (including phenoxy) is 1. The molecule has 0 unspecified atom stereocenters. The van der Waals surface area contributed by atoms with E-state index < -0.39 is 15.3 Å². The number of hydrogen-bond donors (Lipinski definition) is 1. The average molecular weight is 548 g/mol. The summed E-state index contributed by atoms with van der Waals surface area (Å²) in [5.74, 6) is 0.233. The summed E-state index contributed by atoms with van der Waals surface area (Å²) in [6, 6.07) is 0. The first-order chi connectivity index (χ1) is 13.9. The quantitative estimate of drug-likeness (QED) is 0.419. The Labute approximate surface area is 195 Å². The second-order valence-electron chi connectivity index (χ2n) is 10.6. The molecule has 4 rings (SSSR count). The van der Waals surface area contributed by atoms with Crippen LogP contribution in [0.5, 0.6) is 0 Å². The lowest BCUT2D eigenvalue weighted by molar-refractivity contribution is -0.174. The highest BCUT2D eigenvalue weighted by Crippen LogP contribution is 2.71. The summed E-state index contributed by atoms with van der Waals surface area (Å²) in [5, 5.41) is 11.5. The van der Waals surface area contributed by atoms with Gasteiger partial charge in [0.15, 0.2) is 11.6 Å². The van der Waals surface area contributed by atoms with Gasteiger partial charge >= 0.3 is 5.97 Å². The molecule has 0 saturated heterocycles. The summed E-state index contributed by atoms with van der Waals surface area (Å²) in [6.45, 7) is 5.65. The van der Waals surface area contributed by atoms with Crippen molar-refractivity contribution >= 4 is 49.4 Å². The van der Waals surface area contributed by atoms with E-state index >= 15 is 0 Å². The lowest BCUT2D eigenvalue weighted by Crippen LogP contribution is -2.69. The maximum absolute atomic E-state index is 13.8. The van der Waals surface area contributed by atoms with Crippen molar-refractivity contribution in [3.05, 3.63) is 0 Å². The number of alkyl halides is 2. The van der Waals surface area contributed by atoms with Crippen LogP contribution >= 0.6 is 31.9 Å². The van der Waals surface area contributed by atoms with Gasteiger partial charge in [0.25, 0.3) is 0 Å². The van der Waals surface area contributed by atoms with Gasteiger partial charge in [0, 0.05) is 18.8 Å². The largest absolute Gasteiger partial charge is 0.463 e. The van der Waals surface area contributed by atoms with Crippen LogP contribution in [0.2, 0.25) is 0 Å². The molecule has 168 valence electrons. The van der Waals surface area contributed by atoms with Crippen molar-refractivity contribution < 1.29 is 24.2 Å². The van der Waals surface area contributed by atoms with Crippen molar-refractivity contribution in [2.45, 2.75) is 88.2 Å².